The fourth-order valence-electron chi connectivity index (χ4n) is 5.00. The molecule has 35 heavy (non-hydrogen) atoms. The number of fused-ring (bicyclic) bond motifs is 3. The first-order chi connectivity index (χ1) is 15.2. The van der Waals surface area contributed by atoms with Crippen molar-refractivity contribution in [2.45, 2.75) is 56.3 Å². The SMILES string of the molecule is O=C(c1ccc(C(F)(F)F)cc1)N1[C@H]2CC[C@H](c3cc(C(F)F)nc4ncnn34)[C@@H]1CC2.S.S.S. The molecule has 2 aromatic heterocycles. The van der Waals surface area contributed by atoms with Gasteiger partial charge in [0.2, 0.25) is 0 Å². The van der Waals surface area contributed by atoms with Gasteiger partial charge < -0.3 is 4.90 Å². The van der Waals surface area contributed by atoms with Crippen molar-refractivity contribution in [3.05, 3.63) is 59.2 Å². The largest absolute Gasteiger partial charge is 0.416 e. The van der Waals surface area contributed by atoms with E-state index in [9.17, 15) is 26.7 Å². The van der Waals surface area contributed by atoms with E-state index in [0.29, 0.717) is 25.0 Å². The quantitative estimate of drug-likeness (QED) is 0.430. The highest BCUT2D eigenvalue weighted by Gasteiger charge is 2.46. The molecule has 0 radical (unpaired) electrons. The van der Waals surface area contributed by atoms with Crippen LogP contribution in [0, 0.1) is 0 Å². The van der Waals surface area contributed by atoms with E-state index < -0.39 is 23.9 Å². The molecule has 3 atom stereocenters. The highest BCUT2D eigenvalue weighted by Crippen LogP contribution is 2.45. The molecule has 0 aliphatic carbocycles. The van der Waals surface area contributed by atoms with Gasteiger partial charge in [-0.2, -0.15) is 63.7 Å². The molecule has 14 heteroatoms. The van der Waals surface area contributed by atoms with Crippen LogP contribution >= 0.6 is 40.5 Å². The van der Waals surface area contributed by atoms with Crippen LogP contribution in [0.2, 0.25) is 0 Å². The molecule has 2 aliphatic rings. The predicted octanol–water partition coefficient (Wildman–Crippen LogP) is 4.97. The van der Waals surface area contributed by atoms with E-state index in [1.165, 1.54) is 29.0 Å². The molecule has 4 heterocycles. The number of hydrogen-bond acceptors (Lipinski definition) is 4. The standard InChI is InChI=1S/C21H18F5N5O.3H2S/c22-18(23)15-9-17(31-20(29-15)27-10-28-31)14-7-5-13-6-8-16(14)30(13)19(32)11-1-3-12(4-2-11)21(24,25)26;;;/h1-4,9-10,13-14,16,18H,5-8H2;3*1H2/t13-,14-,16-;;;/m0.../s1. The van der Waals surface area contributed by atoms with E-state index >= 15 is 0 Å². The van der Waals surface area contributed by atoms with Crippen LogP contribution in [0.5, 0.6) is 0 Å². The van der Waals surface area contributed by atoms with Gasteiger partial charge in [-0.3, -0.25) is 4.79 Å². The first-order valence-electron chi connectivity index (χ1n) is 10.2. The van der Waals surface area contributed by atoms with Crippen LogP contribution in [0.15, 0.2) is 36.7 Å². The summed E-state index contributed by atoms with van der Waals surface area (Å²) < 4.78 is 66.9. The molecule has 2 aliphatic heterocycles. The Morgan fingerprint density at radius 3 is 2.29 bits per heavy atom. The summed E-state index contributed by atoms with van der Waals surface area (Å²) >= 11 is 0. The third kappa shape index (κ3) is 5.24. The molecule has 1 aromatic carbocycles. The van der Waals surface area contributed by atoms with Crippen LogP contribution < -0.4 is 0 Å². The molecule has 3 aromatic rings. The smallest absolute Gasteiger partial charge is 0.332 e. The molecule has 5 rings (SSSR count). The number of nitrogens with zero attached hydrogens (tertiary/aromatic N) is 5. The minimum Gasteiger partial charge on any atom is -0.332 e. The van der Waals surface area contributed by atoms with E-state index in [2.05, 4.69) is 15.1 Å². The number of rotatable bonds is 3. The lowest BCUT2D eigenvalue weighted by Gasteiger charge is -2.40. The van der Waals surface area contributed by atoms with Crippen LogP contribution in [0.3, 0.4) is 0 Å². The molecule has 2 fully saturated rings. The van der Waals surface area contributed by atoms with E-state index in [-0.39, 0.29) is 75.7 Å². The zero-order valence-corrected chi connectivity index (χ0v) is 21.1. The maximum atomic E-state index is 13.4. The lowest BCUT2D eigenvalue weighted by Crippen LogP contribution is -2.47. The van der Waals surface area contributed by atoms with Crippen molar-refractivity contribution >= 4 is 52.2 Å². The lowest BCUT2D eigenvalue weighted by atomic mass is 9.86. The predicted molar refractivity (Wildman–Crippen MR) is 133 cm³/mol. The topological polar surface area (TPSA) is 63.4 Å². The molecule has 0 spiro atoms. The van der Waals surface area contributed by atoms with Crippen molar-refractivity contribution in [2.75, 3.05) is 0 Å². The highest BCUT2D eigenvalue weighted by molar-refractivity contribution is 7.59. The fraction of sp³-hybridized carbons (Fsp3) is 0.429. The van der Waals surface area contributed by atoms with Gasteiger partial charge in [0.25, 0.3) is 18.1 Å². The van der Waals surface area contributed by atoms with Gasteiger partial charge in [0.05, 0.1) is 11.3 Å². The molecule has 1 amide bonds. The van der Waals surface area contributed by atoms with Crippen molar-refractivity contribution < 1.29 is 26.7 Å². The van der Waals surface area contributed by atoms with E-state index in [1.807, 2.05) is 0 Å². The highest BCUT2D eigenvalue weighted by atomic mass is 32.1. The Bertz CT molecular complexity index is 1170. The van der Waals surface area contributed by atoms with Gasteiger partial charge >= 0.3 is 6.18 Å². The summed E-state index contributed by atoms with van der Waals surface area (Å²) in [5, 5.41) is 4.13. The van der Waals surface area contributed by atoms with Crippen LogP contribution in [-0.2, 0) is 6.18 Å². The van der Waals surface area contributed by atoms with Crippen molar-refractivity contribution in [1.29, 1.82) is 0 Å². The molecule has 0 N–H and O–H groups in total. The molecular formula is C21H24F5N5OS3. The fourth-order valence-corrected chi connectivity index (χ4v) is 5.00. The first kappa shape index (κ1) is 29.2. The summed E-state index contributed by atoms with van der Waals surface area (Å²) in [6.45, 7) is 0. The van der Waals surface area contributed by atoms with Crippen LogP contribution in [0.25, 0.3) is 5.78 Å². The Balaban J connectivity index is 0.00000144. The number of benzene rings is 1. The summed E-state index contributed by atoms with van der Waals surface area (Å²) in [5.41, 5.74) is -0.539. The lowest BCUT2D eigenvalue weighted by molar-refractivity contribution is -0.137. The van der Waals surface area contributed by atoms with Gasteiger partial charge in [0.1, 0.15) is 12.0 Å². The summed E-state index contributed by atoms with van der Waals surface area (Å²) in [6, 6.07) is 5.17. The Labute approximate surface area is 218 Å². The first-order valence-corrected chi connectivity index (χ1v) is 10.2. The summed E-state index contributed by atoms with van der Waals surface area (Å²) in [6.07, 6.45) is -3.26. The second-order valence-electron chi connectivity index (χ2n) is 8.15. The molecule has 2 saturated heterocycles. The molecule has 2 bridgehead atoms. The van der Waals surface area contributed by atoms with Crippen LogP contribution in [0.1, 0.15) is 65.3 Å². The van der Waals surface area contributed by atoms with E-state index in [1.54, 1.807) is 4.90 Å². The number of halogens is 5. The Morgan fingerprint density at radius 2 is 1.66 bits per heavy atom. The maximum Gasteiger partial charge on any atom is 0.416 e. The van der Waals surface area contributed by atoms with Crippen molar-refractivity contribution in [2.24, 2.45) is 0 Å². The summed E-state index contributed by atoms with van der Waals surface area (Å²) in [7, 11) is 0. The number of alkyl halides is 5. The van der Waals surface area contributed by atoms with Crippen molar-refractivity contribution in [3.8, 4) is 0 Å². The number of carbonyl (C=O) groups is 1. The zero-order valence-electron chi connectivity index (χ0n) is 18.1. The summed E-state index contributed by atoms with van der Waals surface area (Å²) in [5.74, 6) is -0.552. The third-order valence-corrected chi connectivity index (χ3v) is 6.42. The second-order valence-corrected chi connectivity index (χ2v) is 8.15. The third-order valence-electron chi connectivity index (χ3n) is 6.42. The van der Waals surface area contributed by atoms with E-state index in [4.69, 9.17) is 0 Å². The number of aromatic nitrogens is 4. The van der Waals surface area contributed by atoms with Crippen LogP contribution in [0.4, 0.5) is 22.0 Å². The zero-order chi connectivity index (χ0) is 22.6. The van der Waals surface area contributed by atoms with Crippen molar-refractivity contribution in [1.82, 2.24) is 24.5 Å². The monoisotopic (exact) mass is 553 g/mol. The molecule has 0 unspecified atom stereocenters. The minimum absolute atomic E-state index is 0. The van der Waals surface area contributed by atoms with Gasteiger partial charge in [0, 0.05) is 23.6 Å². The van der Waals surface area contributed by atoms with Crippen molar-refractivity contribution in [3.63, 3.8) is 0 Å². The molecule has 0 saturated carbocycles. The van der Waals surface area contributed by atoms with Gasteiger partial charge in [-0.05, 0) is 56.0 Å². The number of piperidine rings is 1. The van der Waals surface area contributed by atoms with Crippen LogP contribution in [-0.4, -0.2) is 42.5 Å². The van der Waals surface area contributed by atoms with Gasteiger partial charge in [-0.15, -0.1) is 0 Å². The Kier molecular flexibility index (Phi) is 9.09. The molecular weight excluding hydrogens is 529 g/mol. The maximum absolute atomic E-state index is 13.4. The number of amides is 1. The molecule has 192 valence electrons. The van der Waals surface area contributed by atoms with Gasteiger partial charge in [-0.1, -0.05) is 0 Å². The van der Waals surface area contributed by atoms with Gasteiger partial charge in [-0.25, -0.2) is 18.3 Å². The molecule has 6 nitrogen and oxygen atoms in total. The minimum atomic E-state index is -4.48. The Hall–Kier alpha value is -2.06. The second kappa shape index (κ2) is 10.9. The number of hydrogen-bond donors (Lipinski definition) is 0. The van der Waals surface area contributed by atoms with E-state index in [0.717, 1.165) is 18.6 Å². The average Bonchev–Trinajstić information content (AvgIpc) is 3.35. The normalized spacial score (nSPS) is 21.3. The summed E-state index contributed by atoms with van der Waals surface area (Å²) in [4.78, 5) is 22.8. The average molecular weight is 554 g/mol. The number of carbonyl (C=O) groups excluding carboxylic acids is 1. The van der Waals surface area contributed by atoms with Gasteiger partial charge in [0.15, 0.2) is 0 Å². The Morgan fingerprint density at radius 1 is 1.00 bits per heavy atom.